The maximum atomic E-state index is 5.51. The second-order valence-corrected chi connectivity index (χ2v) is 3.37. The highest BCUT2D eigenvalue weighted by Gasteiger charge is 2.31. The molecule has 0 bridgehead atoms. The Kier molecular flexibility index (Phi) is 3.77. The normalized spacial score (nSPS) is 41.2. The van der Waals surface area contributed by atoms with Gasteiger partial charge in [0.1, 0.15) is 6.23 Å². The molecule has 72 valence electrons. The summed E-state index contributed by atoms with van der Waals surface area (Å²) in [6.07, 6.45) is 2.79. The summed E-state index contributed by atoms with van der Waals surface area (Å²) in [7, 11) is 0. The van der Waals surface area contributed by atoms with Crippen LogP contribution in [0, 0.1) is 0 Å². The summed E-state index contributed by atoms with van der Waals surface area (Å²) in [6.45, 7) is 3.86. The molecule has 2 heterocycles. The quantitative estimate of drug-likeness (QED) is 0.672. The van der Waals surface area contributed by atoms with Crippen LogP contribution in [0.15, 0.2) is 0 Å². The second-order valence-electron chi connectivity index (χ2n) is 3.37. The molecule has 3 atom stereocenters. The number of hydrogen-bond donors (Lipinski definition) is 1. The number of rotatable bonds is 1. The van der Waals surface area contributed by atoms with Crippen LogP contribution in [0.1, 0.15) is 19.8 Å². The molecule has 0 aromatic rings. The maximum absolute atomic E-state index is 5.51. The zero-order valence-electron chi connectivity index (χ0n) is 7.29. The van der Waals surface area contributed by atoms with Crippen LogP contribution in [0.2, 0.25) is 0 Å². The van der Waals surface area contributed by atoms with E-state index in [1.807, 2.05) is 0 Å². The molecule has 0 amide bonds. The van der Waals surface area contributed by atoms with Crippen LogP contribution in [-0.2, 0) is 9.47 Å². The summed E-state index contributed by atoms with van der Waals surface area (Å²) >= 11 is 0. The van der Waals surface area contributed by atoms with Crippen molar-refractivity contribution in [1.29, 1.82) is 0 Å². The van der Waals surface area contributed by atoms with Crippen molar-refractivity contribution >= 4 is 12.4 Å². The minimum absolute atomic E-state index is 0. The predicted octanol–water partition coefficient (Wildman–Crippen LogP) is 0.922. The van der Waals surface area contributed by atoms with Crippen molar-refractivity contribution in [3.05, 3.63) is 0 Å². The van der Waals surface area contributed by atoms with Gasteiger partial charge in [0.25, 0.3) is 0 Å². The van der Waals surface area contributed by atoms with E-state index in [9.17, 15) is 0 Å². The molecule has 3 unspecified atom stereocenters. The third-order valence-corrected chi connectivity index (χ3v) is 2.28. The van der Waals surface area contributed by atoms with E-state index in [0.717, 1.165) is 19.6 Å². The van der Waals surface area contributed by atoms with E-state index in [-0.39, 0.29) is 18.6 Å². The lowest BCUT2D eigenvalue weighted by atomic mass is 10.2. The summed E-state index contributed by atoms with van der Waals surface area (Å²) in [5.41, 5.74) is 0. The molecule has 2 saturated heterocycles. The van der Waals surface area contributed by atoms with Gasteiger partial charge in [-0.3, -0.25) is 5.32 Å². The van der Waals surface area contributed by atoms with Gasteiger partial charge in [0.05, 0.1) is 12.7 Å². The first-order valence-corrected chi connectivity index (χ1v) is 4.35. The molecule has 2 rings (SSSR count). The van der Waals surface area contributed by atoms with Gasteiger partial charge in [-0.05, 0) is 19.8 Å². The standard InChI is InChI=1S/C8H15NO2.ClH/c1-6-5-11-8(9-6)7-3-2-4-10-7;/h6-9H,2-5H2,1H3;1H. The summed E-state index contributed by atoms with van der Waals surface area (Å²) in [4.78, 5) is 0. The van der Waals surface area contributed by atoms with Crippen LogP contribution in [0.3, 0.4) is 0 Å². The molecule has 2 aliphatic heterocycles. The molecule has 0 spiro atoms. The van der Waals surface area contributed by atoms with Gasteiger partial charge in [0.15, 0.2) is 0 Å². The summed E-state index contributed by atoms with van der Waals surface area (Å²) < 4.78 is 11.0. The fourth-order valence-electron chi connectivity index (χ4n) is 1.68. The van der Waals surface area contributed by atoms with Gasteiger partial charge in [0, 0.05) is 12.6 Å². The fraction of sp³-hybridized carbons (Fsp3) is 1.00. The maximum Gasteiger partial charge on any atom is 0.134 e. The molecule has 2 fully saturated rings. The third kappa shape index (κ3) is 2.10. The molecule has 0 aliphatic carbocycles. The zero-order chi connectivity index (χ0) is 7.68. The Morgan fingerprint density at radius 3 is 2.67 bits per heavy atom. The van der Waals surface area contributed by atoms with Gasteiger partial charge in [-0.25, -0.2) is 0 Å². The van der Waals surface area contributed by atoms with Gasteiger partial charge in [-0.2, -0.15) is 0 Å². The van der Waals surface area contributed by atoms with E-state index in [4.69, 9.17) is 9.47 Å². The van der Waals surface area contributed by atoms with E-state index in [2.05, 4.69) is 12.2 Å². The van der Waals surface area contributed by atoms with Gasteiger partial charge in [0.2, 0.25) is 0 Å². The smallest absolute Gasteiger partial charge is 0.134 e. The van der Waals surface area contributed by atoms with Gasteiger partial charge >= 0.3 is 0 Å². The first-order valence-electron chi connectivity index (χ1n) is 4.35. The lowest BCUT2D eigenvalue weighted by molar-refractivity contribution is -0.0258. The fourth-order valence-corrected chi connectivity index (χ4v) is 1.68. The van der Waals surface area contributed by atoms with Crippen molar-refractivity contribution < 1.29 is 9.47 Å². The lowest BCUT2D eigenvalue weighted by Crippen LogP contribution is -2.37. The van der Waals surface area contributed by atoms with Crippen molar-refractivity contribution in [3.63, 3.8) is 0 Å². The Hall–Kier alpha value is 0.170. The summed E-state index contributed by atoms with van der Waals surface area (Å²) in [6, 6.07) is 0.490. The SMILES string of the molecule is CC1COC(C2CCCO2)N1.Cl. The average Bonchev–Trinajstić information content (AvgIpc) is 2.55. The van der Waals surface area contributed by atoms with Crippen molar-refractivity contribution in [2.75, 3.05) is 13.2 Å². The number of ether oxygens (including phenoxy) is 2. The van der Waals surface area contributed by atoms with Crippen LogP contribution < -0.4 is 5.32 Å². The zero-order valence-corrected chi connectivity index (χ0v) is 8.10. The van der Waals surface area contributed by atoms with Crippen molar-refractivity contribution in [3.8, 4) is 0 Å². The molecule has 3 nitrogen and oxygen atoms in total. The topological polar surface area (TPSA) is 30.5 Å². The van der Waals surface area contributed by atoms with E-state index in [0.29, 0.717) is 12.1 Å². The number of halogens is 1. The summed E-state index contributed by atoms with van der Waals surface area (Å²) in [5.74, 6) is 0. The first kappa shape index (κ1) is 10.3. The highest BCUT2D eigenvalue weighted by Crippen LogP contribution is 2.19. The minimum atomic E-state index is 0. The monoisotopic (exact) mass is 193 g/mol. The lowest BCUT2D eigenvalue weighted by Gasteiger charge is -2.17. The number of hydrogen-bond acceptors (Lipinski definition) is 3. The predicted molar refractivity (Wildman–Crippen MR) is 48.6 cm³/mol. The highest BCUT2D eigenvalue weighted by atomic mass is 35.5. The molecule has 0 aromatic carbocycles. The number of nitrogens with one attached hydrogen (secondary N) is 1. The van der Waals surface area contributed by atoms with Gasteiger partial charge in [-0.1, -0.05) is 0 Å². The van der Waals surface area contributed by atoms with Gasteiger partial charge < -0.3 is 9.47 Å². The van der Waals surface area contributed by atoms with Crippen molar-refractivity contribution in [1.82, 2.24) is 5.32 Å². The Morgan fingerprint density at radius 2 is 2.17 bits per heavy atom. The minimum Gasteiger partial charge on any atom is -0.374 e. The molecular weight excluding hydrogens is 178 g/mol. The second kappa shape index (κ2) is 4.42. The molecule has 1 N–H and O–H groups in total. The van der Waals surface area contributed by atoms with Crippen LogP contribution in [-0.4, -0.2) is 31.6 Å². The third-order valence-electron chi connectivity index (χ3n) is 2.28. The van der Waals surface area contributed by atoms with E-state index in [1.54, 1.807) is 0 Å². The Morgan fingerprint density at radius 1 is 1.33 bits per heavy atom. The van der Waals surface area contributed by atoms with Crippen LogP contribution in [0.4, 0.5) is 0 Å². The largest absolute Gasteiger partial charge is 0.374 e. The Bertz CT molecular complexity index is 139. The molecular formula is C8H16ClNO2. The molecule has 12 heavy (non-hydrogen) atoms. The summed E-state index contributed by atoms with van der Waals surface area (Å²) in [5, 5.41) is 3.35. The van der Waals surface area contributed by atoms with Gasteiger partial charge in [-0.15, -0.1) is 12.4 Å². The Labute approximate surface area is 79.2 Å². The van der Waals surface area contributed by atoms with Crippen molar-refractivity contribution in [2.45, 2.75) is 38.1 Å². The highest BCUT2D eigenvalue weighted by molar-refractivity contribution is 5.85. The average molecular weight is 194 g/mol. The van der Waals surface area contributed by atoms with Crippen LogP contribution >= 0.6 is 12.4 Å². The van der Waals surface area contributed by atoms with E-state index >= 15 is 0 Å². The molecule has 4 heteroatoms. The van der Waals surface area contributed by atoms with Crippen molar-refractivity contribution in [2.24, 2.45) is 0 Å². The first-order chi connectivity index (χ1) is 5.36. The van der Waals surface area contributed by atoms with E-state index < -0.39 is 0 Å². The molecule has 0 aromatic heterocycles. The molecule has 0 saturated carbocycles. The van der Waals surface area contributed by atoms with Crippen LogP contribution in [0.5, 0.6) is 0 Å². The molecule has 2 aliphatic rings. The Balaban J connectivity index is 0.000000720. The molecule has 0 radical (unpaired) electrons. The van der Waals surface area contributed by atoms with Crippen LogP contribution in [0.25, 0.3) is 0 Å². The van der Waals surface area contributed by atoms with E-state index in [1.165, 1.54) is 6.42 Å².